The Kier molecular flexibility index (Phi) is 3.78. The van der Waals surface area contributed by atoms with Crippen LogP contribution in [0.1, 0.15) is 6.42 Å². The van der Waals surface area contributed by atoms with Crippen LogP contribution >= 0.6 is 11.8 Å². The van der Waals surface area contributed by atoms with E-state index in [0.29, 0.717) is 17.2 Å². The van der Waals surface area contributed by atoms with Crippen LogP contribution < -0.4 is 20.1 Å². The predicted molar refractivity (Wildman–Crippen MR) is 90.5 cm³/mol. The van der Waals surface area contributed by atoms with E-state index >= 15 is 0 Å². The summed E-state index contributed by atoms with van der Waals surface area (Å²) in [5.74, 6) is 0.888. The zero-order valence-electron chi connectivity index (χ0n) is 12.6. The van der Waals surface area contributed by atoms with Gasteiger partial charge in [0.1, 0.15) is 0 Å². The van der Waals surface area contributed by atoms with Crippen LogP contribution in [0, 0.1) is 0 Å². The molecule has 0 radical (unpaired) electrons. The van der Waals surface area contributed by atoms with Crippen molar-refractivity contribution >= 4 is 35.0 Å². The highest BCUT2D eigenvalue weighted by atomic mass is 32.2. The van der Waals surface area contributed by atoms with Crippen molar-refractivity contribution in [2.75, 3.05) is 17.4 Å². The van der Waals surface area contributed by atoms with Gasteiger partial charge in [0.2, 0.25) is 18.6 Å². The summed E-state index contributed by atoms with van der Waals surface area (Å²) in [4.78, 5) is 25.4. The van der Waals surface area contributed by atoms with E-state index in [1.165, 1.54) is 11.8 Å². The molecule has 2 heterocycles. The lowest BCUT2D eigenvalue weighted by Gasteiger charge is -2.23. The monoisotopic (exact) mass is 342 g/mol. The Morgan fingerprint density at radius 2 is 2.04 bits per heavy atom. The van der Waals surface area contributed by atoms with Crippen molar-refractivity contribution in [1.29, 1.82) is 0 Å². The number of benzene rings is 2. The van der Waals surface area contributed by atoms with Crippen molar-refractivity contribution < 1.29 is 19.1 Å². The summed E-state index contributed by atoms with van der Waals surface area (Å²) in [6.07, 6.45) is 0.0965. The molecular formula is C17H14N2O4S. The first kappa shape index (κ1) is 14.9. The van der Waals surface area contributed by atoms with Gasteiger partial charge in [0, 0.05) is 23.1 Å². The second kappa shape index (κ2) is 6.09. The normalized spacial score (nSPS) is 17.8. The average molecular weight is 342 g/mol. The number of carbonyl (C=O) groups excluding carboxylic acids is 2. The minimum absolute atomic E-state index is 0.0965. The molecule has 0 saturated carbocycles. The van der Waals surface area contributed by atoms with Crippen LogP contribution in [0.2, 0.25) is 0 Å². The molecule has 122 valence electrons. The van der Waals surface area contributed by atoms with E-state index < -0.39 is 5.25 Å². The minimum atomic E-state index is -0.450. The third-order valence-electron chi connectivity index (χ3n) is 3.73. The van der Waals surface area contributed by atoms with Crippen molar-refractivity contribution in [3.05, 3.63) is 42.5 Å². The number of hydrogen-bond donors (Lipinski definition) is 2. The summed E-state index contributed by atoms with van der Waals surface area (Å²) in [7, 11) is 0. The number of rotatable bonds is 3. The van der Waals surface area contributed by atoms with Crippen molar-refractivity contribution in [1.82, 2.24) is 0 Å². The molecule has 0 bridgehead atoms. The number of thioether (sulfide) groups is 1. The number of para-hydroxylation sites is 1. The number of ether oxygens (including phenoxy) is 2. The van der Waals surface area contributed by atoms with Crippen LogP contribution in [0.15, 0.2) is 47.4 Å². The molecule has 2 aromatic rings. The average Bonchev–Trinajstić information content (AvgIpc) is 3.03. The second-order valence-electron chi connectivity index (χ2n) is 5.41. The maximum atomic E-state index is 12.3. The first-order valence-corrected chi connectivity index (χ1v) is 8.33. The van der Waals surface area contributed by atoms with Crippen molar-refractivity contribution in [2.24, 2.45) is 0 Å². The summed E-state index contributed by atoms with van der Waals surface area (Å²) >= 11 is 1.41. The Morgan fingerprint density at radius 3 is 2.96 bits per heavy atom. The van der Waals surface area contributed by atoms with E-state index in [1.807, 2.05) is 24.3 Å². The highest BCUT2D eigenvalue weighted by Crippen LogP contribution is 2.37. The summed E-state index contributed by atoms with van der Waals surface area (Å²) < 4.78 is 10.5. The van der Waals surface area contributed by atoms with Gasteiger partial charge in [-0.1, -0.05) is 12.1 Å². The molecule has 24 heavy (non-hydrogen) atoms. The lowest BCUT2D eigenvalue weighted by atomic mass is 10.2. The third-order valence-corrected chi connectivity index (χ3v) is 5.01. The van der Waals surface area contributed by atoms with Gasteiger partial charge in [-0.25, -0.2) is 0 Å². The number of fused-ring (bicyclic) bond motifs is 2. The van der Waals surface area contributed by atoms with Gasteiger partial charge in [-0.15, -0.1) is 11.8 Å². The Morgan fingerprint density at radius 1 is 1.21 bits per heavy atom. The van der Waals surface area contributed by atoms with Crippen LogP contribution in [0.25, 0.3) is 0 Å². The molecule has 2 aliphatic rings. The van der Waals surface area contributed by atoms with Crippen molar-refractivity contribution in [3.8, 4) is 11.5 Å². The topological polar surface area (TPSA) is 76.7 Å². The van der Waals surface area contributed by atoms with Gasteiger partial charge in [0.15, 0.2) is 11.5 Å². The number of nitrogens with one attached hydrogen (secondary N) is 2. The minimum Gasteiger partial charge on any atom is -0.454 e. The molecule has 0 fully saturated rings. The maximum absolute atomic E-state index is 12.3. The smallest absolute Gasteiger partial charge is 0.238 e. The van der Waals surface area contributed by atoms with E-state index in [0.717, 1.165) is 10.6 Å². The Hall–Kier alpha value is -2.67. The third kappa shape index (κ3) is 2.90. The van der Waals surface area contributed by atoms with Gasteiger partial charge in [-0.2, -0.15) is 0 Å². The standard InChI is InChI=1S/C17H14N2O4S/c20-16(18-10-5-6-12-13(7-10)23-9-22-12)8-15-17(21)19-11-3-1-2-4-14(11)24-15/h1-7,15H,8-9H2,(H,18,20)(H,19,21)/t15-/m0/s1. The molecular weight excluding hydrogens is 328 g/mol. The summed E-state index contributed by atoms with van der Waals surface area (Å²) in [5.41, 5.74) is 1.41. The maximum Gasteiger partial charge on any atom is 0.238 e. The molecule has 2 amide bonds. The molecule has 0 unspecified atom stereocenters. The molecule has 2 aromatic carbocycles. The molecule has 0 aromatic heterocycles. The van der Waals surface area contributed by atoms with Crippen LogP contribution in [-0.4, -0.2) is 23.9 Å². The molecule has 4 rings (SSSR count). The summed E-state index contributed by atoms with van der Waals surface area (Å²) in [6.45, 7) is 0.186. The van der Waals surface area contributed by atoms with Crippen LogP contribution in [0.3, 0.4) is 0 Å². The van der Waals surface area contributed by atoms with Gasteiger partial charge >= 0.3 is 0 Å². The predicted octanol–water partition coefficient (Wildman–Crippen LogP) is 2.86. The highest BCUT2D eigenvalue weighted by Gasteiger charge is 2.28. The highest BCUT2D eigenvalue weighted by molar-refractivity contribution is 8.01. The SMILES string of the molecule is O=C(C[C@@H]1Sc2ccccc2NC1=O)Nc1ccc2c(c1)OCO2. The quantitative estimate of drug-likeness (QED) is 0.897. The fourth-order valence-electron chi connectivity index (χ4n) is 2.58. The van der Waals surface area contributed by atoms with Gasteiger partial charge in [0.25, 0.3) is 0 Å². The van der Waals surface area contributed by atoms with Gasteiger partial charge in [-0.05, 0) is 24.3 Å². The molecule has 2 aliphatic heterocycles. The Balaban J connectivity index is 1.42. The Bertz CT molecular complexity index is 824. The summed E-state index contributed by atoms with van der Waals surface area (Å²) in [5, 5.41) is 5.18. The molecule has 1 atom stereocenters. The number of amides is 2. The van der Waals surface area contributed by atoms with Gasteiger partial charge in [0.05, 0.1) is 10.9 Å². The second-order valence-corrected chi connectivity index (χ2v) is 6.66. The lowest BCUT2D eigenvalue weighted by molar-refractivity contribution is -0.120. The first-order valence-electron chi connectivity index (χ1n) is 7.45. The fourth-order valence-corrected chi connectivity index (χ4v) is 3.69. The van der Waals surface area contributed by atoms with Crippen LogP contribution in [0.5, 0.6) is 11.5 Å². The van der Waals surface area contributed by atoms with E-state index in [1.54, 1.807) is 18.2 Å². The lowest BCUT2D eigenvalue weighted by Crippen LogP contribution is -2.32. The van der Waals surface area contributed by atoms with Gasteiger partial charge in [-0.3, -0.25) is 9.59 Å². The molecule has 7 heteroatoms. The number of carbonyl (C=O) groups is 2. The molecule has 0 aliphatic carbocycles. The van der Waals surface area contributed by atoms with Crippen LogP contribution in [0.4, 0.5) is 11.4 Å². The molecule has 0 saturated heterocycles. The van der Waals surface area contributed by atoms with Gasteiger partial charge < -0.3 is 20.1 Å². The van der Waals surface area contributed by atoms with E-state index in [2.05, 4.69) is 10.6 Å². The number of anilines is 2. The zero-order chi connectivity index (χ0) is 16.5. The number of hydrogen-bond acceptors (Lipinski definition) is 5. The molecule has 2 N–H and O–H groups in total. The van der Waals surface area contributed by atoms with Crippen LogP contribution in [-0.2, 0) is 9.59 Å². The fraction of sp³-hybridized carbons (Fsp3) is 0.176. The summed E-state index contributed by atoms with van der Waals surface area (Å²) in [6, 6.07) is 12.8. The zero-order valence-corrected chi connectivity index (χ0v) is 13.4. The van der Waals surface area contributed by atoms with E-state index in [-0.39, 0.29) is 25.0 Å². The molecule has 6 nitrogen and oxygen atoms in total. The molecule has 0 spiro atoms. The first-order chi connectivity index (χ1) is 11.7. The largest absolute Gasteiger partial charge is 0.454 e. The van der Waals surface area contributed by atoms with Crippen molar-refractivity contribution in [3.63, 3.8) is 0 Å². The van der Waals surface area contributed by atoms with Crippen molar-refractivity contribution in [2.45, 2.75) is 16.6 Å². The van der Waals surface area contributed by atoms with E-state index in [4.69, 9.17) is 9.47 Å². The Labute approximate surface area is 142 Å². The van der Waals surface area contributed by atoms with E-state index in [9.17, 15) is 9.59 Å².